The summed E-state index contributed by atoms with van der Waals surface area (Å²) in [5.41, 5.74) is 0. The Morgan fingerprint density at radius 2 is 1.81 bits per heavy atom. The topological polar surface area (TPSA) is 38.7 Å². The molecule has 0 aliphatic rings. The lowest BCUT2D eigenvalue weighted by atomic mass is 10.2. The van der Waals surface area contributed by atoms with Gasteiger partial charge in [-0.3, -0.25) is 0 Å². The van der Waals surface area contributed by atoms with Crippen LogP contribution >= 0.6 is 0 Å². The molecular weight excluding hydrogens is 202 g/mol. The summed E-state index contributed by atoms with van der Waals surface area (Å²) >= 11 is 0. The van der Waals surface area contributed by atoms with Gasteiger partial charge in [0, 0.05) is 19.1 Å². The van der Waals surface area contributed by atoms with Crippen LogP contribution in [0, 0.1) is 0 Å². The number of nitrogens with one attached hydrogen (secondary N) is 1. The van der Waals surface area contributed by atoms with E-state index in [1.807, 2.05) is 7.05 Å². The Bertz CT molecular complexity index is 149. The summed E-state index contributed by atoms with van der Waals surface area (Å²) in [7, 11) is 6.12. The third-order valence-electron chi connectivity index (χ3n) is 2.83. The van der Waals surface area contributed by atoms with Gasteiger partial charge in [0.1, 0.15) is 0 Å². The Kier molecular flexibility index (Phi) is 9.92. The normalized spacial score (nSPS) is 13.7. The number of nitrogens with zero attached hydrogens (tertiary/aromatic N) is 2. The number of rotatable bonds is 10. The molecule has 0 radical (unpaired) electrons. The van der Waals surface area contributed by atoms with Crippen molar-refractivity contribution in [3.63, 3.8) is 0 Å². The predicted molar refractivity (Wildman–Crippen MR) is 69.8 cm³/mol. The monoisotopic (exact) mass is 231 g/mol. The van der Waals surface area contributed by atoms with Gasteiger partial charge in [0.05, 0.1) is 6.61 Å². The highest BCUT2D eigenvalue weighted by atomic mass is 16.3. The Balaban J connectivity index is 3.82. The number of aliphatic hydroxyl groups is 1. The largest absolute Gasteiger partial charge is 0.395 e. The second-order valence-corrected chi connectivity index (χ2v) is 4.60. The molecule has 1 atom stereocenters. The molecule has 0 rings (SSSR count). The minimum absolute atomic E-state index is 0.226. The molecule has 4 nitrogen and oxygen atoms in total. The Morgan fingerprint density at radius 1 is 1.12 bits per heavy atom. The van der Waals surface area contributed by atoms with Crippen LogP contribution < -0.4 is 5.32 Å². The first-order valence-electron chi connectivity index (χ1n) is 6.29. The molecule has 0 heterocycles. The minimum atomic E-state index is 0.226. The molecule has 0 aromatic carbocycles. The predicted octanol–water partition coefficient (Wildman–Crippen LogP) is 0.230. The van der Waals surface area contributed by atoms with E-state index in [0.29, 0.717) is 0 Å². The summed E-state index contributed by atoms with van der Waals surface area (Å²) in [5.74, 6) is 0. The molecule has 4 heteroatoms. The highest BCUT2D eigenvalue weighted by molar-refractivity contribution is 4.67. The smallest absolute Gasteiger partial charge is 0.0585 e. The maximum atomic E-state index is 9.10. The zero-order chi connectivity index (χ0) is 12.4. The first-order chi connectivity index (χ1) is 7.63. The highest BCUT2D eigenvalue weighted by Gasteiger charge is 2.08. The molecule has 1 unspecified atom stereocenters. The maximum absolute atomic E-state index is 9.10. The molecule has 0 saturated heterocycles. The molecule has 0 aliphatic heterocycles. The number of hydrogen-bond donors (Lipinski definition) is 2. The summed E-state index contributed by atoms with van der Waals surface area (Å²) in [4.78, 5) is 4.68. The van der Waals surface area contributed by atoms with Gasteiger partial charge >= 0.3 is 0 Å². The lowest BCUT2D eigenvalue weighted by molar-refractivity contribution is 0.200. The number of likely N-dealkylation sites (N-methyl/N-ethyl adjacent to an activating group) is 2. The Hall–Kier alpha value is -0.160. The van der Waals surface area contributed by atoms with Crippen molar-refractivity contribution in [2.45, 2.75) is 25.8 Å². The Morgan fingerprint density at radius 3 is 2.25 bits per heavy atom. The van der Waals surface area contributed by atoms with Crippen molar-refractivity contribution in [2.75, 3.05) is 53.9 Å². The third-order valence-corrected chi connectivity index (χ3v) is 2.83. The van der Waals surface area contributed by atoms with Gasteiger partial charge in [-0.05, 0) is 47.1 Å². The van der Waals surface area contributed by atoms with E-state index in [4.69, 9.17) is 5.11 Å². The van der Waals surface area contributed by atoms with Crippen LogP contribution in [0.4, 0.5) is 0 Å². The van der Waals surface area contributed by atoms with Crippen molar-refractivity contribution in [3.05, 3.63) is 0 Å². The van der Waals surface area contributed by atoms with Crippen LogP contribution in [0.3, 0.4) is 0 Å². The highest BCUT2D eigenvalue weighted by Crippen LogP contribution is 1.98. The maximum Gasteiger partial charge on any atom is 0.0585 e. The first kappa shape index (κ1) is 15.8. The van der Waals surface area contributed by atoms with E-state index in [9.17, 15) is 0 Å². The molecule has 0 aromatic rings. The summed E-state index contributed by atoms with van der Waals surface area (Å²) in [5, 5.41) is 12.2. The molecule has 0 fully saturated rings. The Labute approximate surface area is 101 Å². The van der Waals surface area contributed by atoms with Gasteiger partial charge in [0.2, 0.25) is 0 Å². The fraction of sp³-hybridized carbons (Fsp3) is 1.00. The van der Waals surface area contributed by atoms with Crippen LogP contribution in [-0.4, -0.2) is 74.9 Å². The van der Waals surface area contributed by atoms with Crippen LogP contribution in [0.1, 0.15) is 19.8 Å². The first-order valence-corrected chi connectivity index (χ1v) is 6.29. The van der Waals surface area contributed by atoms with Crippen LogP contribution in [0.5, 0.6) is 0 Å². The molecule has 0 saturated carbocycles. The van der Waals surface area contributed by atoms with Crippen molar-refractivity contribution >= 4 is 0 Å². The molecule has 0 spiro atoms. The van der Waals surface area contributed by atoms with E-state index in [2.05, 4.69) is 36.1 Å². The van der Waals surface area contributed by atoms with Crippen molar-refractivity contribution in [1.29, 1.82) is 0 Å². The van der Waals surface area contributed by atoms with Gasteiger partial charge in [-0.2, -0.15) is 0 Å². The lowest BCUT2D eigenvalue weighted by Gasteiger charge is -2.25. The molecule has 98 valence electrons. The van der Waals surface area contributed by atoms with E-state index in [-0.39, 0.29) is 12.6 Å². The van der Waals surface area contributed by atoms with Gasteiger partial charge in [0.25, 0.3) is 0 Å². The van der Waals surface area contributed by atoms with Crippen molar-refractivity contribution in [1.82, 2.24) is 15.1 Å². The standard InChI is InChI=1S/C12H29N3O/c1-5-7-15(10-9-14(3)4)8-6-12(11-16)13-2/h12-13,16H,5-11H2,1-4H3. The van der Waals surface area contributed by atoms with Crippen LogP contribution in [0.25, 0.3) is 0 Å². The fourth-order valence-electron chi connectivity index (χ4n) is 1.66. The molecule has 0 amide bonds. The van der Waals surface area contributed by atoms with Crippen LogP contribution in [0.2, 0.25) is 0 Å². The second kappa shape index (κ2) is 10.0. The van der Waals surface area contributed by atoms with Crippen molar-refractivity contribution < 1.29 is 5.11 Å². The SMILES string of the molecule is CCCN(CCC(CO)NC)CCN(C)C. The molecule has 0 aromatic heterocycles. The van der Waals surface area contributed by atoms with E-state index in [1.165, 1.54) is 6.42 Å². The lowest BCUT2D eigenvalue weighted by Crippen LogP contribution is -2.37. The number of hydrogen-bond acceptors (Lipinski definition) is 4. The number of aliphatic hydroxyl groups excluding tert-OH is 1. The van der Waals surface area contributed by atoms with Crippen LogP contribution in [0.15, 0.2) is 0 Å². The van der Waals surface area contributed by atoms with Gasteiger partial charge in [-0.1, -0.05) is 6.92 Å². The molecular formula is C12H29N3O. The second-order valence-electron chi connectivity index (χ2n) is 4.60. The van der Waals surface area contributed by atoms with Gasteiger partial charge in [-0.15, -0.1) is 0 Å². The quantitative estimate of drug-likeness (QED) is 0.564. The zero-order valence-corrected chi connectivity index (χ0v) is 11.4. The minimum Gasteiger partial charge on any atom is -0.395 e. The van der Waals surface area contributed by atoms with E-state index in [0.717, 1.165) is 32.6 Å². The summed E-state index contributed by atoms with van der Waals surface area (Å²) < 4.78 is 0. The molecule has 16 heavy (non-hydrogen) atoms. The summed E-state index contributed by atoms with van der Waals surface area (Å²) in [6.45, 7) is 6.86. The zero-order valence-electron chi connectivity index (χ0n) is 11.4. The fourth-order valence-corrected chi connectivity index (χ4v) is 1.66. The van der Waals surface area contributed by atoms with Gasteiger partial charge in [-0.25, -0.2) is 0 Å². The molecule has 0 aliphatic carbocycles. The van der Waals surface area contributed by atoms with Crippen LogP contribution in [-0.2, 0) is 0 Å². The summed E-state index contributed by atoms with van der Waals surface area (Å²) in [6, 6.07) is 0.235. The van der Waals surface area contributed by atoms with E-state index in [1.54, 1.807) is 0 Å². The van der Waals surface area contributed by atoms with E-state index >= 15 is 0 Å². The molecule has 0 bridgehead atoms. The average molecular weight is 231 g/mol. The molecule has 2 N–H and O–H groups in total. The van der Waals surface area contributed by atoms with Gasteiger partial charge in [0.15, 0.2) is 0 Å². The van der Waals surface area contributed by atoms with E-state index < -0.39 is 0 Å². The third kappa shape index (κ3) is 8.05. The van der Waals surface area contributed by atoms with Crippen molar-refractivity contribution in [2.24, 2.45) is 0 Å². The summed E-state index contributed by atoms with van der Waals surface area (Å²) in [6.07, 6.45) is 2.21. The van der Waals surface area contributed by atoms with Gasteiger partial charge < -0.3 is 20.2 Å². The average Bonchev–Trinajstić information content (AvgIpc) is 2.26. The van der Waals surface area contributed by atoms with Crippen molar-refractivity contribution in [3.8, 4) is 0 Å².